The summed E-state index contributed by atoms with van der Waals surface area (Å²) in [5.74, 6) is 0.174. The molecule has 0 heterocycles. The van der Waals surface area contributed by atoms with Crippen LogP contribution in [0.5, 0.6) is 0 Å². The van der Waals surface area contributed by atoms with Crippen LogP contribution in [-0.4, -0.2) is 18.4 Å². The molecule has 3 rings (SSSR count). The van der Waals surface area contributed by atoms with Crippen LogP contribution in [0.4, 0.5) is 0 Å². The second-order valence-electron chi connectivity index (χ2n) is 7.38. The van der Waals surface area contributed by atoms with Gasteiger partial charge in [-0.05, 0) is 49.3 Å². The molecule has 5 heteroatoms. The highest BCUT2D eigenvalue weighted by Gasteiger charge is 2.29. The molecule has 0 saturated heterocycles. The minimum absolute atomic E-state index is 0.0170. The number of halogens is 1. The van der Waals surface area contributed by atoms with E-state index in [1.165, 1.54) is 5.56 Å². The van der Waals surface area contributed by atoms with Gasteiger partial charge in [0.05, 0.1) is 0 Å². The quantitative estimate of drug-likeness (QED) is 0.737. The number of benzene rings is 2. The first-order valence-corrected chi connectivity index (χ1v) is 10.3. The van der Waals surface area contributed by atoms with Crippen LogP contribution in [0.25, 0.3) is 0 Å². The molecule has 2 aromatic rings. The van der Waals surface area contributed by atoms with Gasteiger partial charge in [0, 0.05) is 29.9 Å². The summed E-state index contributed by atoms with van der Waals surface area (Å²) >= 11 is 6.13. The van der Waals surface area contributed by atoms with Gasteiger partial charge in [-0.25, -0.2) is 0 Å². The van der Waals surface area contributed by atoms with Crippen molar-refractivity contribution in [2.75, 3.05) is 6.54 Å². The van der Waals surface area contributed by atoms with E-state index in [4.69, 9.17) is 11.6 Å². The first-order valence-electron chi connectivity index (χ1n) is 9.96. The number of carbonyl (C=O) groups excluding carboxylic acids is 2. The topological polar surface area (TPSA) is 58.2 Å². The maximum Gasteiger partial charge on any atom is 0.223 e. The molecule has 2 N–H and O–H groups in total. The Balaban J connectivity index is 1.37. The number of rotatable bonds is 7. The second kappa shape index (κ2) is 10.3. The molecule has 1 saturated carbocycles. The molecule has 0 atom stereocenters. The molecule has 1 aliphatic rings. The minimum atomic E-state index is -0.0177. The number of hydrogen-bond donors (Lipinski definition) is 2. The van der Waals surface area contributed by atoms with E-state index in [-0.39, 0.29) is 23.7 Å². The third-order valence-corrected chi connectivity index (χ3v) is 5.80. The number of nitrogens with one attached hydrogen (secondary N) is 2. The van der Waals surface area contributed by atoms with Crippen LogP contribution in [-0.2, 0) is 22.6 Å². The van der Waals surface area contributed by atoms with Crippen molar-refractivity contribution >= 4 is 23.4 Å². The van der Waals surface area contributed by atoms with Crippen LogP contribution in [0.3, 0.4) is 0 Å². The maximum atomic E-state index is 12.4. The molecule has 0 radical (unpaired) electrons. The first-order chi connectivity index (χ1) is 13.6. The Morgan fingerprint density at radius 1 is 0.821 bits per heavy atom. The molecular weight excluding hydrogens is 372 g/mol. The molecule has 148 valence electrons. The summed E-state index contributed by atoms with van der Waals surface area (Å²) in [6.07, 6.45) is 3.88. The molecule has 2 amide bonds. The highest BCUT2D eigenvalue weighted by atomic mass is 35.5. The molecule has 4 nitrogen and oxygen atoms in total. The average Bonchev–Trinajstić information content (AvgIpc) is 2.74. The fourth-order valence-corrected chi connectivity index (χ4v) is 3.91. The van der Waals surface area contributed by atoms with Gasteiger partial charge in [-0.2, -0.15) is 0 Å². The van der Waals surface area contributed by atoms with E-state index in [0.29, 0.717) is 18.1 Å². The summed E-state index contributed by atoms with van der Waals surface area (Å²) in [6, 6.07) is 17.7. The number of hydrogen-bond acceptors (Lipinski definition) is 2. The zero-order valence-electron chi connectivity index (χ0n) is 16.0. The summed E-state index contributed by atoms with van der Waals surface area (Å²) in [5, 5.41) is 6.69. The standard InChI is InChI=1S/C23H27ClN2O2/c24-21-9-5-4-8-20(21)16-26-23(28)19-12-10-18(11-13-19)22(27)25-15-14-17-6-2-1-3-7-17/h1-9,18-19H,10-16H2,(H,25,27)(H,26,28). The van der Waals surface area contributed by atoms with Gasteiger partial charge in [-0.1, -0.05) is 60.1 Å². The predicted molar refractivity (Wildman–Crippen MR) is 112 cm³/mol. The van der Waals surface area contributed by atoms with Crippen molar-refractivity contribution in [3.63, 3.8) is 0 Å². The molecule has 1 aliphatic carbocycles. The highest BCUT2D eigenvalue weighted by Crippen LogP contribution is 2.29. The molecule has 28 heavy (non-hydrogen) atoms. The molecule has 1 fully saturated rings. The SMILES string of the molecule is O=C(NCCc1ccccc1)C1CCC(C(=O)NCc2ccccc2Cl)CC1. The zero-order chi connectivity index (χ0) is 19.8. The van der Waals surface area contributed by atoms with E-state index in [9.17, 15) is 9.59 Å². The monoisotopic (exact) mass is 398 g/mol. The summed E-state index contributed by atoms with van der Waals surface area (Å²) in [7, 11) is 0. The molecular formula is C23H27ClN2O2. The normalized spacial score (nSPS) is 19.0. The van der Waals surface area contributed by atoms with E-state index in [2.05, 4.69) is 22.8 Å². The maximum absolute atomic E-state index is 12.4. The lowest BCUT2D eigenvalue weighted by Gasteiger charge is -2.27. The van der Waals surface area contributed by atoms with Crippen molar-refractivity contribution < 1.29 is 9.59 Å². The minimum Gasteiger partial charge on any atom is -0.356 e. The van der Waals surface area contributed by atoms with Crippen molar-refractivity contribution in [1.82, 2.24) is 10.6 Å². The summed E-state index contributed by atoms with van der Waals surface area (Å²) in [6.45, 7) is 1.10. The Kier molecular flexibility index (Phi) is 7.49. The lowest BCUT2D eigenvalue weighted by atomic mass is 9.81. The van der Waals surface area contributed by atoms with Crippen LogP contribution >= 0.6 is 11.6 Å². The third-order valence-electron chi connectivity index (χ3n) is 5.44. The fraction of sp³-hybridized carbons (Fsp3) is 0.391. The fourth-order valence-electron chi connectivity index (χ4n) is 3.71. The highest BCUT2D eigenvalue weighted by molar-refractivity contribution is 6.31. The molecule has 0 aliphatic heterocycles. The Labute approximate surface area is 171 Å². The molecule has 0 aromatic heterocycles. The molecule has 2 aromatic carbocycles. The van der Waals surface area contributed by atoms with Crippen molar-refractivity contribution in [2.45, 2.75) is 38.6 Å². The average molecular weight is 399 g/mol. The lowest BCUT2D eigenvalue weighted by molar-refractivity contribution is -0.130. The van der Waals surface area contributed by atoms with E-state index in [0.717, 1.165) is 37.7 Å². The second-order valence-corrected chi connectivity index (χ2v) is 7.79. The van der Waals surface area contributed by atoms with Gasteiger partial charge in [-0.15, -0.1) is 0 Å². The third kappa shape index (κ3) is 5.83. The van der Waals surface area contributed by atoms with Crippen LogP contribution in [0, 0.1) is 11.8 Å². The van der Waals surface area contributed by atoms with Gasteiger partial charge in [-0.3, -0.25) is 9.59 Å². The van der Waals surface area contributed by atoms with E-state index >= 15 is 0 Å². The van der Waals surface area contributed by atoms with Gasteiger partial charge in [0.2, 0.25) is 11.8 Å². The van der Waals surface area contributed by atoms with Crippen LogP contribution in [0.1, 0.15) is 36.8 Å². The van der Waals surface area contributed by atoms with Crippen molar-refractivity contribution in [3.8, 4) is 0 Å². The number of carbonyl (C=O) groups is 2. The summed E-state index contributed by atoms with van der Waals surface area (Å²) in [5.41, 5.74) is 2.14. The molecule has 0 spiro atoms. The van der Waals surface area contributed by atoms with Crippen molar-refractivity contribution in [1.29, 1.82) is 0 Å². The molecule has 0 bridgehead atoms. The van der Waals surface area contributed by atoms with E-state index < -0.39 is 0 Å². The Hall–Kier alpha value is -2.33. The van der Waals surface area contributed by atoms with Crippen LogP contribution < -0.4 is 10.6 Å². The zero-order valence-corrected chi connectivity index (χ0v) is 16.8. The van der Waals surface area contributed by atoms with Crippen LogP contribution in [0.15, 0.2) is 54.6 Å². The summed E-state index contributed by atoms with van der Waals surface area (Å²) in [4.78, 5) is 24.8. The lowest BCUT2D eigenvalue weighted by Crippen LogP contribution is -2.37. The summed E-state index contributed by atoms with van der Waals surface area (Å²) < 4.78 is 0. The Morgan fingerprint density at radius 2 is 1.39 bits per heavy atom. The van der Waals surface area contributed by atoms with Crippen LogP contribution in [0.2, 0.25) is 5.02 Å². The van der Waals surface area contributed by atoms with E-state index in [1.54, 1.807) is 0 Å². The first kappa shape index (κ1) is 20.4. The van der Waals surface area contributed by atoms with Crippen molar-refractivity contribution in [2.24, 2.45) is 11.8 Å². The number of amides is 2. The smallest absolute Gasteiger partial charge is 0.223 e. The van der Waals surface area contributed by atoms with Gasteiger partial charge in [0.25, 0.3) is 0 Å². The molecule has 0 unspecified atom stereocenters. The van der Waals surface area contributed by atoms with Gasteiger partial charge in [0.1, 0.15) is 0 Å². The van der Waals surface area contributed by atoms with Gasteiger partial charge >= 0.3 is 0 Å². The predicted octanol–water partition coefficient (Wildman–Crippen LogP) is 4.12. The Morgan fingerprint density at radius 3 is 2.04 bits per heavy atom. The largest absolute Gasteiger partial charge is 0.356 e. The Bertz CT molecular complexity index is 786. The van der Waals surface area contributed by atoms with Gasteiger partial charge in [0.15, 0.2) is 0 Å². The van der Waals surface area contributed by atoms with Crippen molar-refractivity contribution in [3.05, 3.63) is 70.7 Å². The van der Waals surface area contributed by atoms with Gasteiger partial charge < -0.3 is 10.6 Å². The van der Waals surface area contributed by atoms with E-state index in [1.807, 2.05) is 42.5 Å².